The van der Waals surface area contributed by atoms with Gasteiger partial charge in [-0.3, -0.25) is 9.59 Å². The molecule has 4 rings (SSSR count). The molecule has 1 aromatic heterocycles. The maximum atomic E-state index is 12.8. The van der Waals surface area contributed by atoms with E-state index >= 15 is 0 Å². The maximum Gasteiger partial charge on any atom is 0.343 e. The third-order valence-electron chi connectivity index (χ3n) is 5.47. The van der Waals surface area contributed by atoms with Crippen LogP contribution in [0.3, 0.4) is 0 Å². The van der Waals surface area contributed by atoms with Crippen molar-refractivity contribution >= 4 is 29.4 Å². The Kier molecular flexibility index (Phi) is 4.79. The molecule has 2 saturated heterocycles. The standard InChI is InChI=1S/C21H22N2O4S/c1-14-12-17(15(2)23(14)16-6-4-3-5-7-16)18(24)13-27-20(26)21-9-8-19(25)22(21)10-11-28-21/h3-7,12H,8-11,13H2,1-2H3/t21-/m0/s1. The lowest BCUT2D eigenvalue weighted by atomic mass is 10.1. The van der Waals surface area contributed by atoms with Gasteiger partial charge in [0.2, 0.25) is 11.7 Å². The van der Waals surface area contributed by atoms with Crippen LogP contribution >= 0.6 is 11.8 Å². The van der Waals surface area contributed by atoms with Crippen LogP contribution in [0.5, 0.6) is 0 Å². The van der Waals surface area contributed by atoms with Gasteiger partial charge in [-0.2, -0.15) is 0 Å². The molecule has 2 aliphatic rings. The number of ketones is 1. The van der Waals surface area contributed by atoms with E-state index < -0.39 is 10.8 Å². The lowest BCUT2D eigenvalue weighted by Gasteiger charge is -2.28. The molecule has 3 heterocycles. The van der Waals surface area contributed by atoms with Crippen LogP contribution in [0.1, 0.15) is 34.6 Å². The van der Waals surface area contributed by atoms with Gasteiger partial charge in [-0.15, -0.1) is 11.8 Å². The minimum absolute atomic E-state index is 0.0142. The predicted molar refractivity (Wildman–Crippen MR) is 107 cm³/mol. The van der Waals surface area contributed by atoms with Gasteiger partial charge >= 0.3 is 5.97 Å². The minimum atomic E-state index is -0.932. The van der Waals surface area contributed by atoms with Crippen molar-refractivity contribution < 1.29 is 19.1 Å². The molecule has 1 amide bonds. The first-order valence-corrected chi connectivity index (χ1v) is 10.3. The molecule has 0 radical (unpaired) electrons. The van der Waals surface area contributed by atoms with E-state index in [4.69, 9.17) is 4.74 Å². The van der Waals surface area contributed by atoms with Crippen molar-refractivity contribution in [1.29, 1.82) is 0 Å². The SMILES string of the molecule is Cc1cc(C(=O)COC(=O)[C@@]23CCC(=O)N2CCS3)c(C)n1-c1ccccc1. The molecular formula is C21H22N2O4S. The highest BCUT2D eigenvalue weighted by molar-refractivity contribution is 8.01. The summed E-state index contributed by atoms with van der Waals surface area (Å²) in [4.78, 5) is 38.1. The fraction of sp³-hybridized carbons (Fsp3) is 0.381. The van der Waals surface area contributed by atoms with E-state index in [-0.39, 0.29) is 18.3 Å². The molecule has 146 valence electrons. The summed E-state index contributed by atoms with van der Waals surface area (Å²) in [5.41, 5.74) is 3.28. The molecule has 0 unspecified atom stereocenters. The van der Waals surface area contributed by atoms with Gasteiger partial charge in [-0.1, -0.05) is 18.2 Å². The van der Waals surface area contributed by atoms with E-state index in [1.54, 1.807) is 4.90 Å². The van der Waals surface area contributed by atoms with E-state index in [0.717, 1.165) is 17.1 Å². The van der Waals surface area contributed by atoms with Crippen LogP contribution in [-0.2, 0) is 14.3 Å². The first kappa shape index (κ1) is 18.8. The van der Waals surface area contributed by atoms with Crippen molar-refractivity contribution in [2.24, 2.45) is 0 Å². The molecule has 0 spiro atoms. The van der Waals surface area contributed by atoms with Crippen molar-refractivity contribution in [3.05, 3.63) is 53.3 Å². The topological polar surface area (TPSA) is 68.6 Å². The zero-order valence-corrected chi connectivity index (χ0v) is 16.8. The Labute approximate surface area is 167 Å². The highest BCUT2D eigenvalue weighted by Gasteiger charge is 2.56. The number of carbonyl (C=O) groups excluding carboxylic acids is 3. The number of ether oxygens (including phenoxy) is 1. The first-order valence-electron chi connectivity index (χ1n) is 9.33. The Hall–Kier alpha value is -2.54. The summed E-state index contributed by atoms with van der Waals surface area (Å²) in [5.74, 6) is -0.0165. The Morgan fingerprint density at radius 3 is 2.71 bits per heavy atom. The Morgan fingerprint density at radius 2 is 1.96 bits per heavy atom. The number of nitrogens with zero attached hydrogens (tertiary/aromatic N) is 2. The Balaban J connectivity index is 1.49. The molecule has 2 aromatic rings. The molecule has 0 saturated carbocycles. The number of fused-ring (bicyclic) bond motifs is 1. The summed E-state index contributed by atoms with van der Waals surface area (Å²) >= 11 is 1.44. The number of aromatic nitrogens is 1. The fourth-order valence-corrected chi connectivity index (χ4v) is 5.50. The van der Waals surface area contributed by atoms with E-state index in [1.807, 2.05) is 54.8 Å². The number of carbonyl (C=O) groups is 3. The number of hydrogen-bond acceptors (Lipinski definition) is 5. The molecule has 2 aliphatic heterocycles. The zero-order chi connectivity index (χ0) is 19.9. The number of amides is 1. The van der Waals surface area contributed by atoms with Crippen LogP contribution in [0, 0.1) is 13.8 Å². The molecule has 0 aliphatic carbocycles. The van der Waals surface area contributed by atoms with Gasteiger partial charge in [-0.25, -0.2) is 4.79 Å². The number of hydrogen-bond donors (Lipinski definition) is 0. The summed E-state index contributed by atoms with van der Waals surface area (Å²) in [7, 11) is 0. The smallest absolute Gasteiger partial charge is 0.343 e. The number of esters is 1. The van der Waals surface area contributed by atoms with E-state index in [9.17, 15) is 14.4 Å². The van der Waals surface area contributed by atoms with Crippen LogP contribution < -0.4 is 0 Å². The molecule has 28 heavy (non-hydrogen) atoms. The lowest BCUT2D eigenvalue weighted by Crippen LogP contribution is -2.46. The Bertz CT molecular complexity index is 953. The largest absolute Gasteiger partial charge is 0.455 e. The summed E-state index contributed by atoms with van der Waals surface area (Å²) in [6.07, 6.45) is 0.806. The Morgan fingerprint density at radius 1 is 1.21 bits per heavy atom. The van der Waals surface area contributed by atoms with Gasteiger partial charge in [0.05, 0.1) is 0 Å². The summed E-state index contributed by atoms with van der Waals surface area (Å²) < 4.78 is 7.40. The third kappa shape index (κ3) is 2.94. The van der Waals surface area contributed by atoms with Crippen LogP contribution in [0.4, 0.5) is 0 Å². The highest BCUT2D eigenvalue weighted by Crippen LogP contribution is 2.45. The number of para-hydroxylation sites is 1. The highest BCUT2D eigenvalue weighted by atomic mass is 32.2. The van der Waals surface area contributed by atoms with Crippen molar-refractivity contribution in [2.45, 2.75) is 31.6 Å². The van der Waals surface area contributed by atoms with Gasteiger partial charge < -0.3 is 14.2 Å². The first-order chi connectivity index (χ1) is 13.4. The quantitative estimate of drug-likeness (QED) is 0.572. The molecule has 1 atom stereocenters. The van der Waals surface area contributed by atoms with Crippen LogP contribution in [0.15, 0.2) is 36.4 Å². The van der Waals surface area contributed by atoms with Gasteiger partial charge in [0, 0.05) is 41.4 Å². The van der Waals surface area contributed by atoms with Crippen molar-refractivity contribution in [3.63, 3.8) is 0 Å². The third-order valence-corrected chi connectivity index (χ3v) is 6.93. The summed E-state index contributed by atoms with van der Waals surface area (Å²) in [6, 6.07) is 11.6. The van der Waals surface area contributed by atoms with Crippen LogP contribution in [0.25, 0.3) is 5.69 Å². The second kappa shape index (κ2) is 7.13. The van der Waals surface area contributed by atoms with E-state index in [2.05, 4.69) is 0 Å². The van der Waals surface area contributed by atoms with Gasteiger partial charge in [0.15, 0.2) is 11.5 Å². The predicted octanol–water partition coefficient (Wildman–Crippen LogP) is 2.89. The second-order valence-electron chi connectivity index (χ2n) is 7.13. The molecule has 0 bridgehead atoms. The second-order valence-corrected chi connectivity index (χ2v) is 8.51. The molecule has 2 fully saturated rings. The fourth-order valence-electron chi connectivity index (χ4n) is 4.12. The van der Waals surface area contributed by atoms with E-state index in [1.165, 1.54) is 11.8 Å². The average molecular weight is 398 g/mol. The number of thioether (sulfide) groups is 1. The normalized spacial score (nSPS) is 21.1. The van der Waals surface area contributed by atoms with Crippen LogP contribution in [-0.4, -0.2) is 50.9 Å². The monoisotopic (exact) mass is 398 g/mol. The molecule has 1 aromatic carbocycles. The van der Waals surface area contributed by atoms with Crippen molar-refractivity contribution in [1.82, 2.24) is 9.47 Å². The van der Waals surface area contributed by atoms with Crippen molar-refractivity contribution in [3.8, 4) is 5.69 Å². The lowest BCUT2D eigenvalue weighted by molar-refractivity contribution is -0.152. The van der Waals surface area contributed by atoms with Gasteiger partial charge in [0.1, 0.15) is 0 Å². The molecular weight excluding hydrogens is 376 g/mol. The molecule has 7 heteroatoms. The zero-order valence-electron chi connectivity index (χ0n) is 15.9. The minimum Gasteiger partial charge on any atom is -0.455 e. The molecule has 0 N–H and O–H groups in total. The van der Waals surface area contributed by atoms with Crippen molar-refractivity contribution in [2.75, 3.05) is 18.9 Å². The van der Waals surface area contributed by atoms with Gasteiger partial charge in [0.25, 0.3) is 0 Å². The summed E-state index contributed by atoms with van der Waals surface area (Å²) in [6.45, 7) is 4.07. The number of aryl methyl sites for hydroxylation is 1. The maximum absolute atomic E-state index is 12.8. The van der Waals surface area contributed by atoms with Gasteiger partial charge in [-0.05, 0) is 38.5 Å². The number of Topliss-reactive ketones (excluding diaryl/α,β-unsaturated/α-hetero) is 1. The molecule has 6 nitrogen and oxygen atoms in total. The van der Waals surface area contributed by atoms with Crippen LogP contribution in [0.2, 0.25) is 0 Å². The number of benzene rings is 1. The average Bonchev–Trinajstić information content (AvgIpc) is 3.35. The van der Waals surface area contributed by atoms with E-state index in [0.29, 0.717) is 30.7 Å². The summed E-state index contributed by atoms with van der Waals surface area (Å²) in [5, 5.41) is 0. The number of rotatable bonds is 5.